The summed E-state index contributed by atoms with van der Waals surface area (Å²) in [6, 6.07) is 22.0. The standard InChI is InChI=1S/C33H39Cl2N3O3/c1-40-27-11-12-28(31(23-27)41-2)32(39)38-17-7-15-33(24-38,25-10-13-29(34)30(35)22-25)14-6-16-36-18-20-37(21-19-36)26-8-4-3-5-9-26/h3-5,8-13,22-23H,6-7,14-21,24H2,1-2H3. The molecule has 2 aliphatic rings. The molecule has 0 aliphatic carbocycles. The van der Waals surface area contributed by atoms with Gasteiger partial charge >= 0.3 is 0 Å². The van der Waals surface area contributed by atoms with Gasteiger partial charge in [-0.05, 0) is 74.2 Å². The van der Waals surface area contributed by atoms with Crippen molar-refractivity contribution in [3.05, 3.63) is 87.9 Å². The van der Waals surface area contributed by atoms with Gasteiger partial charge in [0.2, 0.25) is 0 Å². The summed E-state index contributed by atoms with van der Waals surface area (Å²) < 4.78 is 10.9. The van der Waals surface area contributed by atoms with Crippen LogP contribution in [-0.4, -0.2) is 75.7 Å². The number of rotatable bonds is 9. The van der Waals surface area contributed by atoms with E-state index in [4.69, 9.17) is 32.7 Å². The lowest BCUT2D eigenvalue weighted by Crippen LogP contribution is -2.49. The van der Waals surface area contributed by atoms with Gasteiger partial charge in [-0.1, -0.05) is 47.5 Å². The van der Waals surface area contributed by atoms with Crippen molar-refractivity contribution in [3.8, 4) is 11.5 Å². The molecule has 3 aromatic carbocycles. The third kappa shape index (κ3) is 6.77. The topological polar surface area (TPSA) is 45.2 Å². The van der Waals surface area contributed by atoms with Crippen LogP contribution in [0.2, 0.25) is 10.0 Å². The highest BCUT2D eigenvalue weighted by Gasteiger charge is 2.39. The van der Waals surface area contributed by atoms with Crippen molar-refractivity contribution < 1.29 is 14.3 Å². The van der Waals surface area contributed by atoms with Crippen LogP contribution in [0.3, 0.4) is 0 Å². The van der Waals surface area contributed by atoms with Crippen molar-refractivity contribution in [2.45, 2.75) is 31.1 Å². The van der Waals surface area contributed by atoms with Gasteiger partial charge in [0, 0.05) is 56.4 Å². The highest BCUT2D eigenvalue weighted by Crippen LogP contribution is 2.41. The maximum absolute atomic E-state index is 13.8. The number of piperidine rings is 1. The molecule has 8 heteroatoms. The summed E-state index contributed by atoms with van der Waals surface area (Å²) in [5, 5.41) is 1.11. The first-order valence-electron chi connectivity index (χ1n) is 14.4. The number of hydrogen-bond acceptors (Lipinski definition) is 5. The second kappa shape index (κ2) is 13.4. The third-order valence-corrected chi connectivity index (χ3v) is 9.40. The first-order valence-corrected chi connectivity index (χ1v) is 15.2. The van der Waals surface area contributed by atoms with E-state index in [1.165, 1.54) is 5.69 Å². The molecule has 0 aromatic heterocycles. The van der Waals surface area contributed by atoms with E-state index in [9.17, 15) is 4.79 Å². The number of anilines is 1. The molecule has 1 amide bonds. The number of amides is 1. The lowest BCUT2D eigenvalue weighted by molar-refractivity contribution is 0.0617. The van der Waals surface area contributed by atoms with Crippen molar-refractivity contribution in [2.75, 3.05) is 64.9 Å². The van der Waals surface area contributed by atoms with Gasteiger partial charge in [-0.3, -0.25) is 9.69 Å². The number of methoxy groups -OCH3 is 2. The molecular formula is C33H39Cl2N3O3. The summed E-state index contributed by atoms with van der Waals surface area (Å²) in [6.07, 6.45) is 3.92. The predicted octanol–water partition coefficient (Wildman–Crippen LogP) is 6.79. The van der Waals surface area contributed by atoms with Crippen molar-refractivity contribution in [1.82, 2.24) is 9.80 Å². The second-order valence-electron chi connectivity index (χ2n) is 11.1. The summed E-state index contributed by atoms with van der Waals surface area (Å²) in [7, 11) is 3.19. The zero-order valence-corrected chi connectivity index (χ0v) is 25.5. The molecule has 1 unspecified atom stereocenters. The van der Waals surface area contributed by atoms with E-state index in [1.807, 2.05) is 23.1 Å². The van der Waals surface area contributed by atoms with Crippen LogP contribution >= 0.6 is 23.2 Å². The maximum atomic E-state index is 13.8. The van der Waals surface area contributed by atoms with Crippen LogP contribution in [-0.2, 0) is 5.41 Å². The normalized spacial score (nSPS) is 19.7. The molecule has 0 radical (unpaired) electrons. The van der Waals surface area contributed by atoms with Crippen molar-refractivity contribution >= 4 is 34.8 Å². The van der Waals surface area contributed by atoms with E-state index in [0.29, 0.717) is 40.2 Å². The van der Waals surface area contributed by atoms with Crippen LogP contribution in [0.25, 0.3) is 0 Å². The fraction of sp³-hybridized carbons (Fsp3) is 0.424. The minimum atomic E-state index is -0.201. The van der Waals surface area contributed by atoms with Gasteiger partial charge in [-0.25, -0.2) is 0 Å². The number of hydrogen-bond donors (Lipinski definition) is 0. The lowest BCUT2D eigenvalue weighted by atomic mass is 9.71. The molecular weight excluding hydrogens is 557 g/mol. The Kier molecular flexibility index (Phi) is 9.64. The third-order valence-electron chi connectivity index (χ3n) is 8.66. The Balaban J connectivity index is 1.30. The molecule has 3 aromatic rings. The van der Waals surface area contributed by atoms with Crippen LogP contribution in [0.4, 0.5) is 5.69 Å². The molecule has 1 atom stereocenters. The average molecular weight is 597 g/mol. The van der Waals surface area contributed by atoms with Crippen molar-refractivity contribution in [3.63, 3.8) is 0 Å². The number of likely N-dealkylation sites (tertiary alicyclic amines) is 1. The van der Waals surface area contributed by atoms with E-state index in [0.717, 1.165) is 64.0 Å². The van der Waals surface area contributed by atoms with Gasteiger partial charge in [0.15, 0.2) is 0 Å². The van der Waals surface area contributed by atoms with E-state index >= 15 is 0 Å². The molecule has 2 heterocycles. The van der Waals surface area contributed by atoms with E-state index in [1.54, 1.807) is 26.4 Å². The lowest BCUT2D eigenvalue weighted by Gasteiger charge is -2.44. The molecule has 6 nitrogen and oxygen atoms in total. The SMILES string of the molecule is COc1ccc(C(=O)N2CCCC(CCCN3CCN(c4ccccc4)CC3)(c3ccc(Cl)c(Cl)c3)C2)c(OC)c1. The molecule has 2 fully saturated rings. The highest BCUT2D eigenvalue weighted by molar-refractivity contribution is 6.42. The highest BCUT2D eigenvalue weighted by atomic mass is 35.5. The summed E-state index contributed by atoms with van der Waals surface area (Å²) in [5.41, 5.74) is 2.80. The number of ether oxygens (including phenoxy) is 2. The Morgan fingerprint density at radius 1 is 0.878 bits per heavy atom. The van der Waals surface area contributed by atoms with Crippen LogP contribution in [0, 0.1) is 0 Å². The predicted molar refractivity (Wildman–Crippen MR) is 167 cm³/mol. The first kappa shape index (κ1) is 29.6. The van der Waals surface area contributed by atoms with E-state index in [-0.39, 0.29) is 11.3 Å². The summed E-state index contributed by atoms with van der Waals surface area (Å²) in [6.45, 7) is 6.54. The van der Waals surface area contributed by atoms with Gasteiger partial charge < -0.3 is 19.3 Å². The Morgan fingerprint density at radius 2 is 1.66 bits per heavy atom. The van der Waals surface area contributed by atoms with Gasteiger partial charge in [0.25, 0.3) is 5.91 Å². The Labute approximate surface area is 253 Å². The average Bonchev–Trinajstić information content (AvgIpc) is 3.02. The molecule has 2 saturated heterocycles. The summed E-state index contributed by atoms with van der Waals surface area (Å²) in [5.74, 6) is 1.16. The van der Waals surface area contributed by atoms with E-state index in [2.05, 4.69) is 46.2 Å². The molecule has 0 bridgehead atoms. The van der Waals surface area contributed by atoms with Crippen molar-refractivity contribution in [1.29, 1.82) is 0 Å². The van der Waals surface area contributed by atoms with Crippen LogP contribution in [0.15, 0.2) is 66.7 Å². The summed E-state index contributed by atoms with van der Waals surface area (Å²) >= 11 is 12.8. The fourth-order valence-electron chi connectivity index (χ4n) is 6.37. The summed E-state index contributed by atoms with van der Waals surface area (Å²) in [4.78, 5) is 20.8. The number of carbonyl (C=O) groups excluding carboxylic acids is 1. The quantitative estimate of drug-likeness (QED) is 0.272. The molecule has 218 valence electrons. The van der Waals surface area contributed by atoms with Gasteiger partial charge in [-0.15, -0.1) is 0 Å². The number of halogens is 2. The second-order valence-corrected chi connectivity index (χ2v) is 11.9. The number of benzene rings is 3. The molecule has 0 saturated carbocycles. The molecule has 0 spiro atoms. The fourth-order valence-corrected chi connectivity index (χ4v) is 6.67. The Bertz CT molecular complexity index is 1330. The van der Waals surface area contributed by atoms with E-state index < -0.39 is 0 Å². The Hall–Kier alpha value is -2.93. The minimum Gasteiger partial charge on any atom is -0.497 e. The smallest absolute Gasteiger partial charge is 0.257 e. The molecule has 5 rings (SSSR count). The number of piperazine rings is 1. The van der Waals surface area contributed by atoms with Gasteiger partial charge in [-0.2, -0.15) is 0 Å². The molecule has 0 N–H and O–H groups in total. The molecule has 2 aliphatic heterocycles. The number of nitrogens with zero attached hydrogens (tertiary/aromatic N) is 3. The maximum Gasteiger partial charge on any atom is 0.257 e. The van der Waals surface area contributed by atoms with Gasteiger partial charge in [0.1, 0.15) is 11.5 Å². The Morgan fingerprint density at radius 3 is 2.37 bits per heavy atom. The minimum absolute atomic E-state index is 0.0225. The zero-order valence-electron chi connectivity index (χ0n) is 24.0. The molecule has 41 heavy (non-hydrogen) atoms. The van der Waals surface area contributed by atoms with Crippen LogP contribution in [0.5, 0.6) is 11.5 Å². The number of para-hydroxylation sites is 1. The monoisotopic (exact) mass is 595 g/mol. The van der Waals surface area contributed by atoms with Gasteiger partial charge in [0.05, 0.1) is 29.8 Å². The zero-order chi connectivity index (χ0) is 28.8. The van der Waals surface area contributed by atoms with Crippen LogP contribution in [0.1, 0.15) is 41.6 Å². The number of carbonyl (C=O) groups is 1. The van der Waals surface area contributed by atoms with Crippen LogP contribution < -0.4 is 14.4 Å². The van der Waals surface area contributed by atoms with Crippen molar-refractivity contribution in [2.24, 2.45) is 0 Å². The first-order chi connectivity index (χ1) is 19.9. The largest absolute Gasteiger partial charge is 0.497 e.